The number of aryl methyl sites for hydroxylation is 2. The second kappa shape index (κ2) is 8.10. The lowest BCUT2D eigenvalue weighted by atomic mass is 10.1. The number of hydrogen-bond donors (Lipinski definition) is 2. The summed E-state index contributed by atoms with van der Waals surface area (Å²) in [5.74, 6) is -1.98. The Morgan fingerprint density at radius 1 is 0.880 bits per heavy atom. The second-order valence-electron chi connectivity index (χ2n) is 5.47. The number of hydrogen-bond acceptors (Lipinski definition) is 4. The van der Waals surface area contributed by atoms with Gasteiger partial charge in [0.15, 0.2) is 0 Å². The Hall–Kier alpha value is -3.15. The summed E-state index contributed by atoms with van der Waals surface area (Å²) in [5.41, 5.74) is 3.16. The van der Waals surface area contributed by atoms with Crippen molar-refractivity contribution in [2.45, 2.75) is 20.8 Å². The molecule has 0 fully saturated rings. The Balaban J connectivity index is 2.01. The summed E-state index contributed by atoms with van der Waals surface area (Å²) in [6.07, 6.45) is 0. The molecule has 0 unspecified atom stereocenters. The highest BCUT2D eigenvalue weighted by Crippen LogP contribution is 2.19. The molecule has 0 aliphatic rings. The van der Waals surface area contributed by atoms with Gasteiger partial charge in [0.1, 0.15) is 0 Å². The highest BCUT2D eigenvalue weighted by Gasteiger charge is 2.16. The monoisotopic (exact) mass is 340 g/mol. The fourth-order valence-electron chi connectivity index (χ4n) is 2.27. The van der Waals surface area contributed by atoms with Crippen molar-refractivity contribution in [1.82, 2.24) is 0 Å². The van der Waals surface area contributed by atoms with E-state index in [1.165, 1.54) is 24.3 Å². The predicted molar refractivity (Wildman–Crippen MR) is 95.6 cm³/mol. The van der Waals surface area contributed by atoms with E-state index in [0.29, 0.717) is 16.9 Å². The van der Waals surface area contributed by atoms with Crippen LogP contribution in [0.2, 0.25) is 0 Å². The normalized spacial score (nSPS) is 10.0. The molecule has 0 aliphatic heterocycles. The Bertz CT molecular complexity index is 777. The number of ether oxygens (including phenoxy) is 1. The van der Waals surface area contributed by atoms with Crippen molar-refractivity contribution >= 4 is 29.2 Å². The second-order valence-corrected chi connectivity index (χ2v) is 5.47. The maximum Gasteiger partial charge on any atom is 0.338 e. The lowest BCUT2D eigenvalue weighted by Crippen LogP contribution is -2.29. The van der Waals surface area contributed by atoms with Gasteiger partial charge < -0.3 is 15.4 Å². The largest absolute Gasteiger partial charge is 0.462 e. The number of nitrogens with one attached hydrogen (secondary N) is 2. The summed E-state index contributed by atoms with van der Waals surface area (Å²) in [4.78, 5) is 35.7. The number of carbonyl (C=O) groups excluding carboxylic acids is 3. The molecule has 2 aromatic carbocycles. The molecule has 0 aromatic heterocycles. The molecule has 2 N–H and O–H groups in total. The van der Waals surface area contributed by atoms with Crippen LogP contribution in [-0.4, -0.2) is 24.4 Å². The van der Waals surface area contributed by atoms with Crippen LogP contribution in [0.15, 0.2) is 42.5 Å². The summed E-state index contributed by atoms with van der Waals surface area (Å²) < 4.78 is 4.89. The van der Waals surface area contributed by atoms with Gasteiger partial charge in [-0.3, -0.25) is 9.59 Å². The quantitative estimate of drug-likeness (QED) is 0.662. The molecule has 6 nitrogen and oxygen atoms in total. The van der Waals surface area contributed by atoms with Gasteiger partial charge in [-0.1, -0.05) is 18.2 Å². The van der Waals surface area contributed by atoms with Crippen molar-refractivity contribution in [3.8, 4) is 0 Å². The van der Waals surface area contributed by atoms with Crippen molar-refractivity contribution in [3.63, 3.8) is 0 Å². The summed E-state index contributed by atoms with van der Waals surface area (Å²) in [5, 5.41) is 5.12. The molecule has 2 amide bonds. The zero-order chi connectivity index (χ0) is 18.4. The Kier molecular flexibility index (Phi) is 5.89. The van der Waals surface area contributed by atoms with Crippen molar-refractivity contribution in [2.75, 3.05) is 17.2 Å². The Labute approximate surface area is 146 Å². The Morgan fingerprint density at radius 3 is 2.00 bits per heavy atom. The van der Waals surface area contributed by atoms with Crippen molar-refractivity contribution in [2.24, 2.45) is 0 Å². The summed E-state index contributed by atoms with van der Waals surface area (Å²) in [7, 11) is 0. The first kappa shape index (κ1) is 18.2. The molecule has 0 spiro atoms. The summed E-state index contributed by atoms with van der Waals surface area (Å²) >= 11 is 0. The molecular weight excluding hydrogens is 320 g/mol. The van der Waals surface area contributed by atoms with E-state index in [-0.39, 0.29) is 6.61 Å². The van der Waals surface area contributed by atoms with Crippen LogP contribution < -0.4 is 10.6 Å². The van der Waals surface area contributed by atoms with Crippen LogP contribution in [0, 0.1) is 13.8 Å². The Morgan fingerprint density at radius 2 is 1.44 bits per heavy atom. The zero-order valence-corrected chi connectivity index (χ0v) is 14.4. The van der Waals surface area contributed by atoms with Gasteiger partial charge in [0.2, 0.25) is 0 Å². The molecule has 2 aromatic rings. The van der Waals surface area contributed by atoms with E-state index in [9.17, 15) is 14.4 Å². The van der Waals surface area contributed by atoms with Gasteiger partial charge in [0.05, 0.1) is 12.2 Å². The first-order valence-electron chi connectivity index (χ1n) is 7.88. The van der Waals surface area contributed by atoms with Gasteiger partial charge in [-0.15, -0.1) is 0 Å². The minimum Gasteiger partial charge on any atom is -0.462 e. The van der Waals surface area contributed by atoms with Crippen LogP contribution in [0.5, 0.6) is 0 Å². The third-order valence-electron chi connectivity index (χ3n) is 3.58. The number of carbonyl (C=O) groups is 3. The number of para-hydroxylation sites is 1. The average molecular weight is 340 g/mol. The van der Waals surface area contributed by atoms with Gasteiger partial charge in [-0.25, -0.2) is 4.79 Å². The van der Waals surface area contributed by atoms with Crippen LogP contribution in [0.25, 0.3) is 0 Å². The van der Waals surface area contributed by atoms with Crippen molar-refractivity contribution in [1.29, 1.82) is 0 Å². The number of anilines is 2. The van der Waals surface area contributed by atoms with E-state index in [0.717, 1.165) is 11.1 Å². The van der Waals surface area contributed by atoms with Crippen LogP contribution in [0.4, 0.5) is 11.4 Å². The highest BCUT2D eigenvalue weighted by molar-refractivity contribution is 6.43. The van der Waals surface area contributed by atoms with E-state index in [2.05, 4.69) is 10.6 Å². The molecule has 0 bridgehead atoms. The van der Waals surface area contributed by atoms with Gasteiger partial charge in [0, 0.05) is 11.4 Å². The maximum atomic E-state index is 12.1. The lowest BCUT2D eigenvalue weighted by Gasteiger charge is -2.11. The minimum atomic E-state index is -0.786. The highest BCUT2D eigenvalue weighted by atomic mass is 16.5. The smallest absolute Gasteiger partial charge is 0.338 e. The number of amides is 2. The fraction of sp³-hybridized carbons (Fsp3) is 0.211. The molecule has 0 radical (unpaired) electrons. The van der Waals surface area contributed by atoms with Crippen LogP contribution in [0.3, 0.4) is 0 Å². The molecule has 2 rings (SSSR count). The minimum absolute atomic E-state index is 0.288. The molecule has 0 saturated heterocycles. The number of rotatable bonds is 4. The number of benzene rings is 2. The van der Waals surface area contributed by atoms with Crippen LogP contribution in [-0.2, 0) is 14.3 Å². The molecule has 6 heteroatoms. The SMILES string of the molecule is CCOC(=O)c1ccc(NC(=O)C(=O)Nc2c(C)cccc2C)cc1. The van der Waals surface area contributed by atoms with Gasteiger partial charge in [0.25, 0.3) is 0 Å². The third-order valence-corrected chi connectivity index (χ3v) is 3.58. The van der Waals surface area contributed by atoms with E-state index < -0.39 is 17.8 Å². The lowest BCUT2D eigenvalue weighted by molar-refractivity contribution is -0.133. The fourth-order valence-corrected chi connectivity index (χ4v) is 2.27. The van der Waals surface area contributed by atoms with Crippen LogP contribution >= 0.6 is 0 Å². The van der Waals surface area contributed by atoms with E-state index in [4.69, 9.17) is 4.74 Å². The topological polar surface area (TPSA) is 84.5 Å². The predicted octanol–water partition coefficient (Wildman–Crippen LogP) is 3.06. The van der Waals surface area contributed by atoms with E-state index in [1.54, 1.807) is 6.92 Å². The number of esters is 1. The van der Waals surface area contributed by atoms with E-state index in [1.807, 2.05) is 32.0 Å². The molecule has 0 atom stereocenters. The van der Waals surface area contributed by atoms with Gasteiger partial charge in [-0.05, 0) is 56.2 Å². The molecule has 130 valence electrons. The van der Waals surface area contributed by atoms with Crippen molar-refractivity contribution in [3.05, 3.63) is 59.2 Å². The zero-order valence-electron chi connectivity index (χ0n) is 14.4. The first-order valence-corrected chi connectivity index (χ1v) is 7.88. The molecule has 0 saturated carbocycles. The molecular formula is C19H20N2O4. The van der Waals surface area contributed by atoms with Crippen molar-refractivity contribution < 1.29 is 19.1 Å². The molecule has 25 heavy (non-hydrogen) atoms. The van der Waals surface area contributed by atoms with Gasteiger partial charge in [-0.2, -0.15) is 0 Å². The van der Waals surface area contributed by atoms with Crippen LogP contribution in [0.1, 0.15) is 28.4 Å². The summed E-state index contributed by atoms with van der Waals surface area (Å²) in [6, 6.07) is 11.7. The first-order chi connectivity index (χ1) is 11.9. The average Bonchev–Trinajstić information content (AvgIpc) is 2.59. The van der Waals surface area contributed by atoms with E-state index >= 15 is 0 Å². The standard InChI is InChI=1S/C19H20N2O4/c1-4-25-19(24)14-8-10-15(11-9-14)20-17(22)18(23)21-16-12(2)6-5-7-13(16)3/h5-11H,4H2,1-3H3,(H,20,22)(H,21,23). The molecule has 0 heterocycles. The van der Waals surface area contributed by atoms with Gasteiger partial charge >= 0.3 is 17.8 Å². The summed E-state index contributed by atoms with van der Waals surface area (Å²) in [6.45, 7) is 5.72. The third kappa shape index (κ3) is 4.67. The molecule has 0 aliphatic carbocycles. The maximum absolute atomic E-state index is 12.1.